The van der Waals surface area contributed by atoms with Gasteiger partial charge in [0.25, 0.3) is 11.8 Å². The lowest BCUT2D eigenvalue weighted by Gasteiger charge is -2.14. The Morgan fingerprint density at radius 3 is 2.29 bits per heavy atom. The molecule has 0 fully saturated rings. The number of hydrogen-bond donors (Lipinski definition) is 1. The van der Waals surface area contributed by atoms with Crippen molar-refractivity contribution in [2.24, 2.45) is 0 Å². The molecule has 24 heavy (non-hydrogen) atoms. The molecule has 1 heterocycles. The number of phenolic OH excluding ortho intramolecular Hbond substituents is 1. The van der Waals surface area contributed by atoms with Crippen LogP contribution in [-0.4, -0.2) is 35.1 Å². The average Bonchev–Trinajstić information content (AvgIpc) is 2.85. The van der Waals surface area contributed by atoms with E-state index in [-0.39, 0.29) is 34.6 Å². The molecule has 0 aliphatic carbocycles. The van der Waals surface area contributed by atoms with Gasteiger partial charge in [0.2, 0.25) is 0 Å². The molecular weight excluding hydrogens is 314 g/mol. The van der Waals surface area contributed by atoms with Crippen LogP contribution in [0.15, 0.2) is 42.5 Å². The van der Waals surface area contributed by atoms with E-state index in [1.807, 2.05) is 0 Å². The van der Waals surface area contributed by atoms with Crippen molar-refractivity contribution in [2.75, 3.05) is 7.11 Å². The summed E-state index contributed by atoms with van der Waals surface area (Å²) in [6.07, 6.45) is 0. The summed E-state index contributed by atoms with van der Waals surface area (Å²) in [4.78, 5) is 41.2. The number of amides is 2. The number of phenols is 1. The van der Waals surface area contributed by atoms with Gasteiger partial charge in [0, 0.05) is 5.56 Å². The zero-order chi connectivity index (χ0) is 17.3. The fourth-order valence-corrected chi connectivity index (χ4v) is 2.36. The van der Waals surface area contributed by atoms with Crippen LogP contribution in [0.3, 0.4) is 0 Å². The first-order chi connectivity index (χ1) is 11.5. The fourth-order valence-electron chi connectivity index (χ4n) is 2.36. The summed E-state index contributed by atoms with van der Waals surface area (Å²) in [5, 5.41) is 10.5. The average molecular weight is 327 g/mol. The number of carbonyl (C=O) groups excluding carboxylic acids is 3. The van der Waals surface area contributed by atoms with Crippen molar-refractivity contribution in [3.63, 3.8) is 0 Å². The highest BCUT2D eigenvalue weighted by atomic mass is 16.7. The van der Waals surface area contributed by atoms with Gasteiger partial charge in [-0.2, -0.15) is 0 Å². The second-order valence-corrected chi connectivity index (χ2v) is 5.06. The van der Waals surface area contributed by atoms with E-state index in [1.54, 1.807) is 12.1 Å². The second-order valence-electron chi connectivity index (χ2n) is 5.06. The first kappa shape index (κ1) is 15.7. The first-order valence-corrected chi connectivity index (χ1v) is 7.04. The Bertz CT molecular complexity index is 810. The number of benzene rings is 2. The van der Waals surface area contributed by atoms with Crippen LogP contribution in [0.5, 0.6) is 5.75 Å². The lowest BCUT2D eigenvalue weighted by Crippen LogP contribution is -2.29. The fraction of sp³-hybridized carbons (Fsp3) is 0.118. The smallest absolute Gasteiger partial charge is 0.337 e. The van der Waals surface area contributed by atoms with Crippen molar-refractivity contribution < 1.29 is 29.1 Å². The van der Waals surface area contributed by atoms with Crippen LogP contribution in [0, 0.1) is 0 Å². The molecule has 0 spiro atoms. The summed E-state index contributed by atoms with van der Waals surface area (Å²) in [7, 11) is 1.24. The minimum Gasteiger partial charge on any atom is -0.508 e. The number of esters is 1. The van der Waals surface area contributed by atoms with Crippen LogP contribution in [0.1, 0.15) is 36.6 Å². The van der Waals surface area contributed by atoms with E-state index in [0.717, 1.165) is 0 Å². The van der Waals surface area contributed by atoms with Crippen LogP contribution in [0.2, 0.25) is 0 Å². The molecule has 0 saturated heterocycles. The number of nitrogens with zero attached hydrogens (tertiary/aromatic N) is 1. The topological polar surface area (TPSA) is 93.1 Å². The Hall–Kier alpha value is -3.19. The van der Waals surface area contributed by atoms with Crippen molar-refractivity contribution in [3.8, 4) is 5.75 Å². The normalized spacial score (nSPS) is 13.1. The lowest BCUT2D eigenvalue weighted by molar-refractivity contribution is -0.101. The maximum Gasteiger partial charge on any atom is 0.337 e. The van der Waals surface area contributed by atoms with Gasteiger partial charge in [-0.25, -0.2) is 4.79 Å². The van der Waals surface area contributed by atoms with Crippen molar-refractivity contribution in [1.82, 2.24) is 5.06 Å². The predicted octanol–water partition coefficient (Wildman–Crippen LogP) is 1.91. The Morgan fingerprint density at radius 1 is 1.08 bits per heavy atom. The van der Waals surface area contributed by atoms with Crippen LogP contribution >= 0.6 is 0 Å². The molecule has 0 radical (unpaired) electrons. The van der Waals surface area contributed by atoms with Crippen LogP contribution in [-0.2, 0) is 16.2 Å². The van der Waals surface area contributed by atoms with Crippen molar-refractivity contribution in [1.29, 1.82) is 0 Å². The number of aromatic hydroxyl groups is 1. The van der Waals surface area contributed by atoms with Gasteiger partial charge in [-0.15, -0.1) is 5.06 Å². The number of fused-ring (bicyclic) bond motifs is 1. The number of methoxy groups -OCH3 is 1. The number of carbonyl (C=O) groups is 3. The highest BCUT2D eigenvalue weighted by molar-refractivity contribution is 6.20. The molecule has 1 N–H and O–H groups in total. The van der Waals surface area contributed by atoms with E-state index in [9.17, 15) is 19.5 Å². The number of hydrogen-bond acceptors (Lipinski definition) is 6. The van der Waals surface area contributed by atoms with Gasteiger partial charge in [0.15, 0.2) is 0 Å². The molecule has 1 aliphatic rings. The summed E-state index contributed by atoms with van der Waals surface area (Å²) in [5.74, 6) is -1.84. The standard InChI is InChI=1S/C17H13NO6/c1-23-17(22)10-6-7-14(19)11(8-10)9-24-18-15(20)12-4-2-3-5-13(12)16(18)21/h2-8,19H,9H2,1H3. The molecule has 2 aromatic rings. The van der Waals surface area contributed by atoms with E-state index < -0.39 is 17.8 Å². The highest BCUT2D eigenvalue weighted by Crippen LogP contribution is 2.25. The third-order valence-corrected chi connectivity index (χ3v) is 3.61. The van der Waals surface area contributed by atoms with Gasteiger partial charge in [-0.1, -0.05) is 12.1 Å². The number of rotatable bonds is 4. The number of ether oxygens (including phenoxy) is 1. The summed E-state index contributed by atoms with van der Waals surface area (Å²) in [6.45, 7) is -0.262. The molecule has 1 aliphatic heterocycles. The molecule has 0 atom stereocenters. The van der Waals surface area contributed by atoms with Crippen LogP contribution < -0.4 is 0 Å². The van der Waals surface area contributed by atoms with E-state index in [2.05, 4.69) is 4.74 Å². The summed E-state index contributed by atoms with van der Waals surface area (Å²) >= 11 is 0. The Kier molecular flexibility index (Phi) is 4.01. The van der Waals surface area contributed by atoms with Crippen molar-refractivity contribution in [2.45, 2.75) is 6.61 Å². The van der Waals surface area contributed by atoms with E-state index in [1.165, 1.54) is 37.4 Å². The van der Waals surface area contributed by atoms with Gasteiger partial charge < -0.3 is 9.84 Å². The van der Waals surface area contributed by atoms with Gasteiger partial charge in [-0.05, 0) is 30.3 Å². The van der Waals surface area contributed by atoms with Gasteiger partial charge in [0.1, 0.15) is 12.4 Å². The van der Waals surface area contributed by atoms with E-state index in [0.29, 0.717) is 5.06 Å². The Labute approximate surface area is 137 Å². The minimum absolute atomic E-state index is 0.126. The largest absolute Gasteiger partial charge is 0.508 e. The van der Waals surface area contributed by atoms with E-state index >= 15 is 0 Å². The number of hydroxylamine groups is 2. The molecule has 2 aromatic carbocycles. The third-order valence-electron chi connectivity index (χ3n) is 3.61. The molecule has 7 heteroatoms. The number of imide groups is 1. The second kappa shape index (κ2) is 6.13. The summed E-state index contributed by atoms with van der Waals surface area (Å²) in [6, 6.07) is 10.5. The maximum absolute atomic E-state index is 12.2. The minimum atomic E-state index is -0.572. The van der Waals surface area contributed by atoms with Gasteiger partial charge >= 0.3 is 5.97 Å². The highest BCUT2D eigenvalue weighted by Gasteiger charge is 2.36. The third kappa shape index (κ3) is 2.61. The SMILES string of the molecule is COC(=O)c1ccc(O)c(CON2C(=O)c3ccccc3C2=O)c1. The summed E-state index contributed by atoms with van der Waals surface area (Å²) < 4.78 is 4.61. The zero-order valence-corrected chi connectivity index (χ0v) is 12.7. The Balaban J connectivity index is 1.79. The molecular formula is C17H13NO6. The maximum atomic E-state index is 12.2. The van der Waals surface area contributed by atoms with Gasteiger partial charge in [-0.3, -0.25) is 14.4 Å². The predicted molar refractivity (Wildman–Crippen MR) is 81.2 cm³/mol. The quantitative estimate of drug-likeness (QED) is 0.681. The monoisotopic (exact) mass is 327 g/mol. The summed E-state index contributed by atoms with van der Waals surface area (Å²) in [5.41, 5.74) is 0.982. The molecule has 7 nitrogen and oxygen atoms in total. The van der Waals surface area contributed by atoms with Crippen molar-refractivity contribution in [3.05, 3.63) is 64.7 Å². The molecule has 2 amide bonds. The van der Waals surface area contributed by atoms with E-state index in [4.69, 9.17) is 4.84 Å². The molecule has 0 saturated carbocycles. The Morgan fingerprint density at radius 2 is 1.71 bits per heavy atom. The molecule has 3 rings (SSSR count). The van der Waals surface area contributed by atoms with Gasteiger partial charge in [0.05, 0.1) is 23.8 Å². The zero-order valence-electron chi connectivity index (χ0n) is 12.7. The molecule has 0 unspecified atom stereocenters. The molecule has 122 valence electrons. The van der Waals surface area contributed by atoms with Crippen LogP contribution in [0.4, 0.5) is 0 Å². The molecule has 0 bridgehead atoms. The first-order valence-electron chi connectivity index (χ1n) is 7.04. The molecule has 0 aromatic heterocycles. The van der Waals surface area contributed by atoms with Crippen molar-refractivity contribution >= 4 is 17.8 Å². The lowest BCUT2D eigenvalue weighted by atomic mass is 10.1. The van der Waals surface area contributed by atoms with Crippen LogP contribution in [0.25, 0.3) is 0 Å².